The van der Waals surface area contributed by atoms with Crippen molar-refractivity contribution in [1.29, 1.82) is 0 Å². The van der Waals surface area contributed by atoms with Gasteiger partial charge in [-0.15, -0.1) is 0 Å². The van der Waals surface area contributed by atoms with E-state index in [2.05, 4.69) is 23.0 Å². The summed E-state index contributed by atoms with van der Waals surface area (Å²) >= 11 is 6.05. The predicted molar refractivity (Wildman–Crippen MR) is 71.6 cm³/mol. The number of nitrogens with one attached hydrogen (secondary N) is 2. The topological polar surface area (TPSA) is 24.1 Å². The quantitative estimate of drug-likeness (QED) is 0.626. The largest absolute Gasteiger partial charge is 0.253 e. The first-order chi connectivity index (χ1) is 8.36. The van der Waals surface area contributed by atoms with Crippen molar-refractivity contribution in [2.24, 2.45) is 0 Å². The van der Waals surface area contributed by atoms with E-state index < -0.39 is 0 Å². The van der Waals surface area contributed by atoms with Gasteiger partial charge in [0.15, 0.2) is 0 Å². The van der Waals surface area contributed by atoms with E-state index in [1.165, 1.54) is 5.56 Å². The van der Waals surface area contributed by atoms with Gasteiger partial charge in [0, 0.05) is 18.1 Å². The maximum atomic E-state index is 6.05. The Kier molecular flexibility index (Phi) is 4.56. The summed E-state index contributed by atoms with van der Waals surface area (Å²) in [5.41, 5.74) is 8.67. The zero-order valence-electron chi connectivity index (χ0n) is 9.49. The molecular weight excluding hydrogens is 232 g/mol. The Balaban J connectivity index is 1.76. The zero-order valence-corrected chi connectivity index (χ0v) is 10.2. The lowest BCUT2D eigenvalue weighted by Crippen LogP contribution is -2.30. The highest BCUT2D eigenvalue weighted by atomic mass is 35.5. The van der Waals surface area contributed by atoms with Gasteiger partial charge in [-0.05, 0) is 17.2 Å². The molecule has 88 valence electrons. The van der Waals surface area contributed by atoms with E-state index in [0.717, 1.165) is 17.1 Å². The Hall–Kier alpha value is -1.35. The molecule has 0 amide bonds. The fourth-order valence-electron chi connectivity index (χ4n) is 1.56. The first-order valence-corrected chi connectivity index (χ1v) is 5.97. The molecule has 0 saturated carbocycles. The van der Waals surface area contributed by atoms with Gasteiger partial charge in [0.1, 0.15) is 0 Å². The predicted octanol–water partition coefficient (Wildman–Crippen LogP) is 3.13. The molecule has 0 heterocycles. The number of hydrogen-bond acceptors (Lipinski definition) is 2. The molecule has 2 nitrogen and oxygen atoms in total. The normalized spacial score (nSPS) is 10.4. The Morgan fingerprint density at radius 2 is 1.41 bits per heavy atom. The number of hydrogen-bond donors (Lipinski definition) is 2. The Morgan fingerprint density at radius 3 is 2.18 bits per heavy atom. The molecule has 0 bridgehead atoms. The lowest BCUT2D eigenvalue weighted by atomic mass is 10.2. The highest BCUT2D eigenvalue weighted by molar-refractivity contribution is 6.31. The SMILES string of the molecule is Clc1ccccc1CNNCc1ccccc1. The van der Waals surface area contributed by atoms with Crippen molar-refractivity contribution >= 4 is 11.6 Å². The minimum atomic E-state index is 0.715. The van der Waals surface area contributed by atoms with Gasteiger partial charge in [0.05, 0.1) is 0 Å². The Morgan fingerprint density at radius 1 is 0.765 bits per heavy atom. The van der Waals surface area contributed by atoms with Crippen molar-refractivity contribution in [2.45, 2.75) is 13.1 Å². The molecule has 0 fully saturated rings. The van der Waals surface area contributed by atoms with Gasteiger partial charge in [-0.1, -0.05) is 60.1 Å². The molecule has 3 heteroatoms. The summed E-state index contributed by atoms with van der Waals surface area (Å²) in [5, 5.41) is 0.793. The van der Waals surface area contributed by atoms with Crippen LogP contribution in [0.15, 0.2) is 54.6 Å². The summed E-state index contributed by atoms with van der Waals surface area (Å²) in [5.74, 6) is 0. The molecule has 2 aromatic carbocycles. The van der Waals surface area contributed by atoms with Crippen LogP contribution in [-0.4, -0.2) is 0 Å². The average molecular weight is 247 g/mol. The third kappa shape index (κ3) is 3.86. The highest BCUT2D eigenvalue weighted by Gasteiger charge is 1.97. The smallest absolute Gasteiger partial charge is 0.0451 e. The number of halogens is 1. The van der Waals surface area contributed by atoms with Crippen LogP contribution < -0.4 is 10.9 Å². The van der Waals surface area contributed by atoms with Crippen LogP contribution in [0.4, 0.5) is 0 Å². The summed E-state index contributed by atoms with van der Waals surface area (Å²) in [6.07, 6.45) is 0. The summed E-state index contributed by atoms with van der Waals surface area (Å²) in [6, 6.07) is 18.1. The summed E-state index contributed by atoms with van der Waals surface area (Å²) in [4.78, 5) is 0. The lowest BCUT2D eigenvalue weighted by Gasteiger charge is -2.08. The second-order valence-corrected chi connectivity index (χ2v) is 4.19. The van der Waals surface area contributed by atoms with Crippen LogP contribution in [0.2, 0.25) is 5.02 Å². The minimum absolute atomic E-state index is 0.715. The summed E-state index contributed by atoms with van der Waals surface area (Å²) < 4.78 is 0. The molecule has 0 unspecified atom stereocenters. The van der Waals surface area contributed by atoms with Crippen LogP contribution in [0.5, 0.6) is 0 Å². The zero-order chi connectivity index (χ0) is 11.9. The molecule has 0 spiro atoms. The molecule has 17 heavy (non-hydrogen) atoms. The maximum absolute atomic E-state index is 6.05. The van der Waals surface area contributed by atoms with Gasteiger partial charge in [0.25, 0.3) is 0 Å². The van der Waals surface area contributed by atoms with Crippen LogP contribution in [0, 0.1) is 0 Å². The second kappa shape index (κ2) is 6.40. The van der Waals surface area contributed by atoms with Crippen LogP contribution in [0.3, 0.4) is 0 Å². The van der Waals surface area contributed by atoms with E-state index in [4.69, 9.17) is 11.6 Å². The van der Waals surface area contributed by atoms with Gasteiger partial charge in [0.2, 0.25) is 0 Å². The molecular formula is C14H15ClN2. The van der Waals surface area contributed by atoms with Gasteiger partial charge >= 0.3 is 0 Å². The van der Waals surface area contributed by atoms with Crippen molar-refractivity contribution in [1.82, 2.24) is 10.9 Å². The van der Waals surface area contributed by atoms with E-state index in [0.29, 0.717) is 6.54 Å². The van der Waals surface area contributed by atoms with E-state index >= 15 is 0 Å². The molecule has 0 aromatic heterocycles. The molecule has 0 radical (unpaired) electrons. The summed E-state index contributed by atoms with van der Waals surface area (Å²) in [6.45, 7) is 1.51. The Labute approximate surface area is 107 Å². The van der Waals surface area contributed by atoms with E-state index in [1.807, 2.05) is 42.5 Å². The van der Waals surface area contributed by atoms with Gasteiger partial charge in [-0.25, -0.2) is 0 Å². The van der Waals surface area contributed by atoms with Crippen molar-refractivity contribution in [3.05, 3.63) is 70.7 Å². The molecule has 0 aliphatic rings. The third-order valence-electron chi connectivity index (χ3n) is 2.50. The van der Waals surface area contributed by atoms with Gasteiger partial charge < -0.3 is 0 Å². The second-order valence-electron chi connectivity index (χ2n) is 3.78. The van der Waals surface area contributed by atoms with Crippen molar-refractivity contribution in [3.63, 3.8) is 0 Å². The van der Waals surface area contributed by atoms with Crippen LogP contribution in [0.1, 0.15) is 11.1 Å². The monoisotopic (exact) mass is 246 g/mol. The van der Waals surface area contributed by atoms with Gasteiger partial charge in [-0.3, -0.25) is 10.9 Å². The third-order valence-corrected chi connectivity index (χ3v) is 2.87. The average Bonchev–Trinajstić information content (AvgIpc) is 2.38. The fourth-order valence-corrected chi connectivity index (χ4v) is 1.76. The number of hydrazine groups is 1. The van der Waals surface area contributed by atoms with Crippen LogP contribution in [0.25, 0.3) is 0 Å². The minimum Gasteiger partial charge on any atom is -0.253 e. The maximum Gasteiger partial charge on any atom is 0.0451 e. The van der Waals surface area contributed by atoms with E-state index in [1.54, 1.807) is 0 Å². The molecule has 0 saturated heterocycles. The van der Waals surface area contributed by atoms with Crippen molar-refractivity contribution in [2.75, 3.05) is 0 Å². The van der Waals surface area contributed by atoms with Crippen LogP contribution >= 0.6 is 11.6 Å². The lowest BCUT2D eigenvalue weighted by molar-refractivity contribution is 0.530. The first-order valence-electron chi connectivity index (χ1n) is 5.59. The fraction of sp³-hybridized carbons (Fsp3) is 0.143. The molecule has 0 aliphatic heterocycles. The van der Waals surface area contributed by atoms with E-state index in [-0.39, 0.29) is 0 Å². The molecule has 2 aromatic rings. The van der Waals surface area contributed by atoms with Crippen molar-refractivity contribution in [3.8, 4) is 0 Å². The van der Waals surface area contributed by atoms with Crippen molar-refractivity contribution < 1.29 is 0 Å². The number of rotatable bonds is 5. The highest BCUT2D eigenvalue weighted by Crippen LogP contribution is 2.13. The molecule has 2 rings (SSSR count). The summed E-state index contributed by atoms with van der Waals surface area (Å²) in [7, 11) is 0. The molecule has 0 aliphatic carbocycles. The standard InChI is InChI=1S/C14H15ClN2/c15-14-9-5-4-8-13(14)11-17-16-10-12-6-2-1-3-7-12/h1-9,16-17H,10-11H2. The van der Waals surface area contributed by atoms with Crippen LogP contribution in [-0.2, 0) is 13.1 Å². The molecule has 2 N–H and O–H groups in total. The number of benzene rings is 2. The van der Waals surface area contributed by atoms with Gasteiger partial charge in [-0.2, -0.15) is 0 Å². The first kappa shape index (κ1) is 12.1. The molecule has 0 atom stereocenters. The van der Waals surface area contributed by atoms with E-state index in [9.17, 15) is 0 Å². The Bertz CT molecular complexity index is 457.